The molecule has 0 aliphatic heterocycles. The summed E-state index contributed by atoms with van der Waals surface area (Å²) in [7, 11) is 0. The third kappa shape index (κ3) is 4.34. The molecular formula is C10H16N6O2. The highest BCUT2D eigenvalue weighted by Gasteiger charge is 2.09. The molecule has 0 unspecified atom stereocenters. The number of carbonyl (C=O) groups excluding carboxylic acids is 2. The zero-order valence-electron chi connectivity index (χ0n) is 10.1. The van der Waals surface area contributed by atoms with Gasteiger partial charge < -0.3 is 16.1 Å². The van der Waals surface area contributed by atoms with E-state index in [1.54, 1.807) is 0 Å². The van der Waals surface area contributed by atoms with Crippen LogP contribution in [0.15, 0.2) is 12.4 Å². The topological polar surface area (TPSA) is 122 Å². The van der Waals surface area contributed by atoms with Crippen LogP contribution in [0.1, 0.15) is 23.8 Å². The van der Waals surface area contributed by atoms with Crippen molar-refractivity contribution in [1.82, 2.24) is 20.6 Å². The highest BCUT2D eigenvalue weighted by molar-refractivity contribution is 5.94. The third-order valence-electron chi connectivity index (χ3n) is 2.00. The standard InChI is InChI=1S/C10H16N6O2/c1-2-3-13-9(17)6-14-10(18)7-4-12-5-8(15-7)16-11/h4-5H,2-3,6,11H2,1H3,(H,13,17)(H,14,18)(H,15,16). The van der Waals surface area contributed by atoms with Crippen LogP contribution in [0.4, 0.5) is 5.82 Å². The Labute approximate surface area is 104 Å². The number of hydrogen-bond acceptors (Lipinski definition) is 6. The zero-order chi connectivity index (χ0) is 13.4. The van der Waals surface area contributed by atoms with E-state index in [1.165, 1.54) is 12.4 Å². The Morgan fingerprint density at radius 3 is 2.78 bits per heavy atom. The molecule has 8 nitrogen and oxygen atoms in total. The van der Waals surface area contributed by atoms with Crippen LogP contribution in [0.25, 0.3) is 0 Å². The Kier molecular flexibility index (Phi) is 5.52. The van der Waals surface area contributed by atoms with Gasteiger partial charge >= 0.3 is 0 Å². The number of aromatic nitrogens is 2. The van der Waals surface area contributed by atoms with E-state index < -0.39 is 5.91 Å². The number of rotatable bonds is 6. The highest BCUT2D eigenvalue weighted by Crippen LogP contribution is 1.99. The quantitative estimate of drug-likeness (QED) is 0.381. The van der Waals surface area contributed by atoms with Gasteiger partial charge in [-0.05, 0) is 6.42 Å². The number of nitrogens with two attached hydrogens (primary N) is 1. The molecule has 2 amide bonds. The Balaban J connectivity index is 2.47. The minimum absolute atomic E-state index is 0.0914. The molecule has 0 aromatic carbocycles. The van der Waals surface area contributed by atoms with Crippen molar-refractivity contribution in [2.45, 2.75) is 13.3 Å². The number of nitrogens with zero attached hydrogens (tertiary/aromatic N) is 2. The fraction of sp³-hybridized carbons (Fsp3) is 0.400. The molecular weight excluding hydrogens is 236 g/mol. The molecule has 1 rings (SSSR count). The van der Waals surface area contributed by atoms with Gasteiger partial charge in [0.15, 0.2) is 5.82 Å². The first-order chi connectivity index (χ1) is 8.67. The second-order valence-electron chi connectivity index (χ2n) is 3.47. The molecule has 1 heterocycles. The van der Waals surface area contributed by atoms with Crippen LogP contribution >= 0.6 is 0 Å². The predicted octanol–water partition coefficient (Wildman–Crippen LogP) is -0.982. The van der Waals surface area contributed by atoms with E-state index in [2.05, 4.69) is 26.0 Å². The van der Waals surface area contributed by atoms with E-state index in [4.69, 9.17) is 5.84 Å². The van der Waals surface area contributed by atoms with Crippen molar-refractivity contribution >= 4 is 17.6 Å². The van der Waals surface area contributed by atoms with Gasteiger partial charge in [0.05, 0.1) is 18.9 Å². The maximum Gasteiger partial charge on any atom is 0.272 e. The maximum atomic E-state index is 11.6. The summed E-state index contributed by atoms with van der Waals surface area (Å²) in [6.45, 7) is 2.43. The molecule has 98 valence electrons. The lowest BCUT2D eigenvalue weighted by molar-refractivity contribution is -0.120. The molecule has 0 spiro atoms. The lowest BCUT2D eigenvalue weighted by Gasteiger charge is -2.06. The van der Waals surface area contributed by atoms with Gasteiger partial charge in [-0.3, -0.25) is 14.6 Å². The normalized spacial score (nSPS) is 9.67. The molecule has 0 saturated carbocycles. The monoisotopic (exact) mass is 252 g/mol. The molecule has 1 aromatic heterocycles. The number of hydrazine groups is 1. The lowest BCUT2D eigenvalue weighted by Crippen LogP contribution is -2.37. The van der Waals surface area contributed by atoms with Crippen LogP contribution < -0.4 is 21.9 Å². The number of carbonyl (C=O) groups is 2. The van der Waals surface area contributed by atoms with E-state index >= 15 is 0 Å². The van der Waals surface area contributed by atoms with Crippen molar-refractivity contribution in [3.05, 3.63) is 18.1 Å². The SMILES string of the molecule is CCCNC(=O)CNC(=O)c1cncc(NN)n1. The van der Waals surface area contributed by atoms with Crippen molar-refractivity contribution < 1.29 is 9.59 Å². The van der Waals surface area contributed by atoms with E-state index in [9.17, 15) is 9.59 Å². The van der Waals surface area contributed by atoms with Crippen LogP contribution in [0.5, 0.6) is 0 Å². The minimum Gasteiger partial charge on any atom is -0.355 e. The van der Waals surface area contributed by atoms with Gasteiger partial charge in [0.1, 0.15) is 5.69 Å². The first kappa shape index (κ1) is 13.8. The van der Waals surface area contributed by atoms with Crippen LogP contribution in [0.3, 0.4) is 0 Å². The second kappa shape index (κ2) is 7.17. The summed E-state index contributed by atoms with van der Waals surface area (Å²) in [5.74, 6) is 4.70. The first-order valence-electron chi connectivity index (χ1n) is 5.51. The number of anilines is 1. The molecule has 0 atom stereocenters. The average molecular weight is 252 g/mol. The van der Waals surface area contributed by atoms with E-state index in [1.807, 2.05) is 6.92 Å². The first-order valence-corrected chi connectivity index (χ1v) is 5.51. The molecule has 0 radical (unpaired) electrons. The Bertz CT molecular complexity index is 423. The number of nitrogens with one attached hydrogen (secondary N) is 3. The molecule has 0 aliphatic rings. The number of hydrogen-bond donors (Lipinski definition) is 4. The summed E-state index contributed by atoms with van der Waals surface area (Å²) in [6.07, 6.45) is 3.51. The van der Waals surface area contributed by atoms with E-state index in [0.717, 1.165) is 6.42 Å². The predicted molar refractivity (Wildman–Crippen MR) is 65.5 cm³/mol. The summed E-state index contributed by atoms with van der Waals surface area (Å²) in [5, 5.41) is 5.08. The van der Waals surface area contributed by atoms with Crippen LogP contribution in [-0.4, -0.2) is 34.9 Å². The fourth-order valence-corrected chi connectivity index (χ4v) is 1.12. The van der Waals surface area contributed by atoms with Crippen molar-refractivity contribution in [2.75, 3.05) is 18.5 Å². The summed E-state index contributed by atoms with van der Waals surface area (Å²) in [5.41, 5.74) is 2.37. The Morgan fingerprint density at radius 1 is 1.33 bits per heavy atom. The van der Waals surface area contributed by atoms with Crippen LogP contribution in [0.2, 0.25) is 0 Å². The van der Waals surface area contributed by atoms with Gasteiger partial charge in [-0.25, -0.2) is 10.8 Å². The van der Waals surface area contributed by atoms with Crippen LogP contribution in [-0.2, 0) is 4.79 Å². The van der Waals surface area contributed by atoms with E-state index in [0.29, 0.717) is 6.54 Å². The lowest BCUT2D eigenvalue weighted by atomic mass is 10.4. The summed E-state index contributed by atoms with van der Waals surface area (Å²) >= 11 is 0. The molecule has 8 heteroatoms. The van der Waals surface area contributed by atoms with Gasteiger partial charge in [-0.15, -0.1) is 0 Å². The highest BCUT2D eigenvalue weighted by atomic mass is 16.2. The molecule has 18 heavy (non-hydrogen) atoms. The van der Waals surface area contributed by atoms with Gasteiger partial charge in [0.2, 0.25) is 5.91 Å². The molecule has 0 bridgehead atoms. The van der Waals surface area contributed by atoms with Gasteiger partial charge in [0, 0.05) is 6.54 Å². The summed E-state index contributed by atoms with van der Waals surface area (Å²) in [4.78, 5) is 30.6. The Morgan fingerprint density at radius 2 is 2.11 bits per heavy atom. The Hall–Kier alpha value is -2.22. The van der Waals surface area contributed by atoms with Crippen molar-refractivity contribution in [2.24, 2.45) is 5.84 Å². The summed E-state index contributed by atoms with van der Waals surface area (Å²) in [6, 6.07) is 0. The zero-order valence-corrected chi connectivity index (χ0v) is 10.1. The molecule has 0 fully saturated rings. The molecule has 0 aliphatic carbocycles. The maximum absolute atomic E-state index is 11.6. The van der Waals surface area contributed by atoms with Gasteiger partial charge in [0.25, 0.3) is 5.91 Å². The van der Waals surface area contributed by atoms with Gasteiger partial charge in [-0.2, -0.15) is 0 Å². The minimum atomic E-state index is -0.480. The van der Waals surface area contributed by atoms with Crippen LogP contribution in [0, 0.1) is 0 Å². The van der Waals surface area contributed by atoms with Crippen molar-refractivity contribution in [3.63, 3.8) is 0 Å². The van der Waals surface area contributed by atoms with Crippen molar-refractivity contribution in [3.8, 4) is 0 Å². The number of amides is 2. The average Bonchev–Trinajstić information content (AvgIpc) is 2.42. The smallest absolute Gasteiger partial charge is 0.272 e. The molecule has 1 aromatic rings. The third-order valence-corrected chi connectivity index (χ3v) is 2.00. The molecule has 0 saturated heterocycles. The number of nitrogen functional groups attached to an aromatic ring is 1. The fourth-order valence-electron chi connectivity index (χ4n) is 1.12. The summed E-state index contributed by atoms with van der Waals surface area (Å²) < 4.78 is 0. The van der Waals surface area contributed by atoms with Crippen molar-refractivity contribution in [1.29, 1.82) is 0 Å². The van der Waals surface area contributed by atoms with E-state index in [-0.39, 0.29) is 24.0 Å². The van der Waals surface area contributed by atoms with Gasteiger partial charge in [-0.1, -0.05) is 6.92 Å². The largest absolute Gasteiger partial charge is 0.355 e. The second-order valence-corrected chi connectivity index (χ2v) is 3.47. The molecule has 5 N–H and O–H groups in total.